The number of nitrogens with one attached hydrogen (secondary N) is 2. The number of amides is 2. The number of benzene rings is 1. The quantitative estimate of drug-likeness (QED) is 0.903. The van der Waals surface area contributed by atoms with Gasteiger partial charge < -0.3 is 15.2 Å². The maximum absolute atomic E-state index is 12.3. The molecule has 0 aliphatic heterocycles. The second-order valence-corrected chi connectivity index (χ2v) is 6.80. The minimum absolute atomic E-state index is 0.0821. The predicted molar refractivity (Wildman–Crippen MR) is 94.9 cm³/mol. The Labute approximate surface area is 143 Å². The molecule has 3 atom stereocenters. The van der Waals surface area contributed by atoms with Crippen LogP contribution in [-0.4, -0.2) is 21.6 Å². The Balaban J connectivity index is 1.59. The molecule has 2 N–H and O–H groups in total. The summed E-state index contributed by atoms with van der Waals surface area (Å²) < 4.78 is 1.96. The van der Waals surface area contributed by atoms with E-state index >= 15 is 0 Å². The number of aromatic nitrogens is 2. The second-order valence-electron chi connectivity index (χ2n) is 6.80. The first-order valence-electron chi connectivity index (χ1n) is 8.75. The van der Waals surface area contributed by atoms with Gasteiger partial charge in [-0.1, -0.05) is 44.9 Å². The number of urea groups is 1. The molecule has 0 saturated heterocycles. The highest BCUT2D eigenvalue weighted by molar-refractivity contribution is 5.74. The Morgan fingerprint density at radius 1 is 1.29 bits per heavy atom. The van der Waals surface area contributed by atoms with Crippen LogP contribution in [0, 0.1) is 11.8 Å². The number of imidazole rings is 1. The number of carbonyl (C=O) groups is 1. The Morgan fingerprint density at radius 2 is 2.12 bits per heavy atom. The van der Waals surface area contributed by atoms with Gasteiger partial charge in [0.05, 0.1) is 12.0 Å². The number of nitrogens with zero attached hydrogens (tertiary/aromatic N) is 2. The summed E-state index contributed by atoms with van der Waals surface area (Å²) in [6, 6.07) is 8.23. The van der Waals surface area contributed by atoms with Crippen molar-refractivity contribution >= 4 is 6.03 Å². The lowest BCUT2D eigenvalue weighted by molar-refractivity contribution is 0.195. The maximum atomic E-state index is 12.3. The molecule has 1 aromatic carbocycles. The van der Waals surface area contributed by atoms with Crippen LogP contribution in [0.4, 0.5) is 4.79 Å². The van der Waals surface area contributed by atoms with E-state index in [0.717, 1.165) is 17.7 Å². The first-order chi connectivity index (χ1) is 11.6. The van der Waals surface area contributed by atoms with Crippen molar-refractivity contribution < 1.29 is 4.79 Å². The van der Waals surface area contributed by atoms with E-state index in [0.29, 0.717) is 18.4 Å². The third kappa shape index (κ3) is 3.78. The lowest BCUT2D eigenvalue weighted by Crippen LogP contribution is -2.47. The number of rotatable bonds is 4. The van der Waals surface area contributed by atoms with Crippen molar-refractivity contribution in [2.45, 2.75) is 45.7 Å². The molecule has 3 rings (SSSR count). The Bertz CT molecular complexity index is 668. The molecule has 5 nitrogen and oxygen atoms in total. The predicted octanol–water partition coefficient (Wildman–Crippen LogP) is 3.50. The van der Waals surface area contributed by atoms with Gasteiger partial charge in [-0.15, -0.1) is 0 Å². The number of hydrogen-bond acceptors (Lipinski definition) is 2. The Morgan fingerprint density at radius 3 is 2.92 bits per heavy atom. The van der Waals surface area contributed by atoms with E-state index in [1.165, 1.54) is 12.8 Å². The molecule has 1 aliphatic rings. The molecule has 2 amide bonds. The highest BCUT2D eigenvalue weighted by atomic mass is 16.2. The smallest absolute Gasteiger partial charge is 0.315 e. The van der Waals surface area contributed by atoms with Crippen molar-refractivity contribution in [3.8, 4) is 5.69 Å². The van der Waals surface area contributed by atoms with E-state index in [-0.39, 0.29) is 12.1 Å². The van der Waals surface area contributed by atoms with Crippen molar-refractivity contribution in [2.24, 2.45) is 11.8 Å². The molecular weight excluding hydrogens is 300 g/mol. The van der Waals surface area contributed by atoms with Crippen LogP contribution in [0.25, 0.3) is 5.69 Å². The van der Waals surface area contributed by atoms with E-state index in [1.807, 2.05) is 35.0 Å². The molecule has 128 valence electrons. The van der Waals surface area contributed by atoms with Crippen LogP contribution >= 0.6 is 0 Å². The van der Waals surface area contributed by atoms with Gasteiger partial charge >= 0.3 is 6.03 Å². The molecule has 0 bridgehead atoms. The molecule has 1 saturated carbocycles. The summed E-state index contributed by atoms with van der Waals surface area (Å²) in [4.78, 5) is 16.4. The minimum Gasteiger partial charge on any atom is -0.335 e. The summed E-state index contributed by atoms with van der Waals surface area (Å²) in [6.45, 7) is 5.01. The summed E-state index contributed by atoms with van der Waals surface area (Å²) in [5.41, 5.74) is 2.10. The third-order valence-corrected chi connectivity index (χ3v) is 5.24. The van der Waals surface area contributed by atoms with Crippen LogP contribution in [0.1, 0.15) is 38.7 Å². The van der Waals surface area contributed by atoms with Gasteiger partial charge in [0.25, 0.3) is 0 Å². The number of para-hydroxylation sites is 1. The molecule has 0 radical (unpaired) electrons. The fourth-order valence-electron chi connectivity index (χ4n) is 3.49. The highest BCUT2D eigenvalue weighted by Crippen LogP contribution is 2.29. The number of hydrogen-bond donors (Lipinski definition) is 2. The molecule has 1 fully saturated rings. The molecule has 1 aliphatic carbocycles. The van der Waals surface area contributed by atoms with Crippen molar-refractivity contribution in [3.63, 3.8) is 0 Å². The molecule has 1 aromatic heterocycles. The van der Waals surface area contributed by atoms with Crippen LogP contribution in [0.15, 0.2) is 43.0 Å². The van der Waals surface area contributed by atoms with E-state index in [2.05, 4.69) is 29.5 Å². The summed E-state index contributed by atoms with van der Waals surface area (Å²) in [5.74, 6) is 1.20. The Kier molecular flexibility index (Phi) is 5.18. The molecule has 24 heavy (non-hydrogen) atoms. The topological polar surface area (TPSA) is 59.0 Å². The van der Waals surface area contributed by atoms with Gasteiger partial charge in [0, 0.05) is 25.0 Å². The van der Waals surface area contributed by atoms with E-state index in [1.54, 1.807) is 12.5 Å². The van der Waals surface area contributed by atoms with Gasteiger partial charge in [-0.2, -0.15) is 0 Å². The zero-order chi connectivity index (χ0) is 16.9. The zero-order valence-corrected chi connectivity index (χ0v) is 14.4. The van der Waals surface area contributed by atoms with Crippen LogP contribution in [0.3, 0.4) is 0 Å². The van der Waals surface area contributed by atoms with Crippen LogP contribution in [0.2, 0.25) is 0 Å². The van der Waals surface area contributed by atoms with Crippen molar-refractivity contribution in [1.82, 2.24) is 20.2 Å². The fraction of sp³-hybridized carbons (Fsp3) is 0.474. The maximum Gasteiger partial charge on any atom is 0.315 e. The second kappa shape index (κ2) is 7.51. The van der Waals surface area contributed by atoms with Crippen molar-refractivity contribution in [2.75, 3.05) is 0 Å². The third-order valence-electron chi connectivity index (χ3n) is 5.24. The van der Waals surface area contributed by atoms with Crippen LogP contribution in [0.5, 0.6) is 0 Å². The number of carbonyl (C=O) groups excluding carboxylic acids is 1. The monoisotopic (exact) mass is 326 g/mol. The zero-order valence-electron chi connectivity index (χ0n) is 14.4. The molecule has 1 heterocycles. The molecular formula is C19H26N4O. The largest absolute Gasteiger partial charge is 0.335 e. The van der Waals surface area contributed by atoms with Gasteiger partial charge in [-0.05, 0) is 29.9 Å². The van der Waals surface area contributed by atoms with E-state index < -0.39 is 0 Å². The van der Waals surface area contributed by atoms with Crippen LogP contribution < -0.4 is 10.6 Å². The summed E-state index contributed by atoms with van der Waals surface area (Å²) >= 11 is 0. The van der Waals surface area contributed by atoms with Crippen molar-refractivity contribution in [3.05, 3.63) is 48.5 Å². The van der Waals surface area contributed by atoms with Gasteiger partial charge in [0.15, 0.2) is 0 Å². The molecule has 0 unspecified atom stereocenters. The molecule has 0 spiro atoms. The Hall–Kier alpha value is -2.30. The highest BCUT2D eigenvalue weighted by Gasteiger charge is 2.28. The van der Waals surface area contributed by atoms with E-state index in [9.17, 15) is 4.79 Å². The standard InChI is InChI=1S/C19H26N4O/c1-14-6-5-8-17(15(14)2)22-19(24)21-12-16-7-3-4-9-18(16)23-11-10-20-13-23/h3-4,7,9-11,13-15,17H,5-6,8,12H2,1-2H3,(H2,21,22,24)/t14-,15+,17-/m1/s1. The average Bonchev–Trinajstić information content (AvgIpc) is 3.12. The normalized spacial score (nSPS) is 23.7. The van der Waals surface area contributed by atoms with Gasteiger partial charge in [-0.3, -0.25) is 0 Å². The van der Waals surface area contributed by atoms with Gasteiger partial charge in [0.2, 0.25) is 0 Å². The average molecular weight is 326 g/mol. The van der Waals surface area contributed by atoms with Gasteiger partial charge in [0.1, 0.15) is 0 Å². The minimum atomic E-state index is -0.0821. The lowest BCUT2D eigenvalue weighted by Gasteiger charge is -2.34. The first-order valence-corrected chi connectivity index (χ1v) is 8.75. The lowest BCUT2D eigenvalue weighted by atomic mass is 9.78. The molecule has 5 heteroatoms. The summed E-state index contributed by atoms with van der Waals surface area (Å²) in [6.07, 6.45) is 8.96. The SMILES string of the molecule is C[C@H]1[C@H](C)CCC[C@H]1NC(=O)NCc1ccccc1-n1ccnc1. The van der Waals surface area contributed by atoms with Crippen molar-refractivity contribution in [1.29, 1.82) is 0 Å². The fourth-order valence-corrected chi connectivity index (χ4v) is 3.49. The molecule has 2 aromatic rings. The van der Waals surface area contributed by atoms with Crippen LogP contribution in [-0.2, 0) is 6.54 Å². The summed E-state index contributed by atoms with van der Waals surface area (Å²) in [5, 5.41) is 6.15. The first kappa shape index (κ1) is 16.6. The van der Waals surface area contributed by atoms with E-state index in [4.69, 9.17) is 0 Å². The van der Waals surface area contributed by atoms with Gasteiger partial charge in [-0.25, -0.2) is 9.78 Å². The summed E-state index contributed by atoms with van der Waals surface area (Å²) in [7, 11) is 0.